The Balaban J connectivity index is 1.36. The summed E-state index contributed by atoms with van der Waals surface area (Å²) < 4.78 is 26.6. The summed E-state index contributed by atoms with van der Waals surface area (Å²) in [5.74, 6) is 1.92. The Kier molecular flexibility index (Phi) is 5.61. The lowest BCUT2D eigenvalue weighted by Gasteiger charge is -2.37. The Morgan fingerprint density at radius 2 is 1.19 bits per heavy atom. The topological polar surface area (TPSA) is 0 Å². The van der Waals surface area contributed by atoms with Gasteiger partial charge in [0.1, 0.15) is 0 Å². The maximum atomic E-state index is 13.5. The molecule has 0 aliphatic heterocycles. The van der Waals surface area contributed by atoms with Crippen LogP contribution in [0.1, 0.15) is 69.8 Å². The van der Waals surface area contributed by atoms with Crippen molar-refractivity contribution in [2.24, 2.45) is 17.8 Å². The van der Waals surface area contributed by atoms with E-state index < -0.39 is 11.6 Å². The molecule has 0 aromatic heterocycles. The molecule has 144 valence electrons. The second-order valence-corrected chi connectivity index (χ2v) is 8.88. The van der Waals surface area contributed by atoms with Crippen LogP contribution in [0, 0.1) is 29.4 Å². The van der Waals surface area contributed by atoms with Gasteiger partial charge in [-0.25, -0.2) is 8.78 Å². The lowest BCUT2D eigenvalue weighted by atomic mass is 9.68. The molecule has 2 aromatic carbocycles. The normalized spacial score (nSPS) is 28.9. The van der Waals surface area contributed by atoms with Crippen molar-refractivity contribution in [1.82, 2.24) is 0 Å². The summed E-state index contributed by atoms with van der Waals surface area (Å²) in [5, 5.41) is 0. The van der Waals surface area contributed by atoms with E-state index in [2.05, 4.69) is 31.2 Å². The molecule has 0 radical (unpaired) electrons. The average molecular weight is 369 g/mol. The summed E-state index contributed by atoms with van der Waals surface area (Å²) in [6.45, 7) is 2.40. The fraction of sp³-hybridized carbons (Fsp3) is 0.520. The molecule has 0 N–H and O–H groups in total. The van der Waals surface area contributed by atoms with E-state index in [1.165, 1.54) is 69.1 Å². The first-order valence-corrected chi connectivity index (χ1v) is 10.7. The Morgan fingerprint density at radius 1 is 0.630 bits per heavy atom. The number of rotatable bonds is 3. The zero-order chi connectivity index (χ0) is 18.8. The van der Waals surface area contributed by atoms with E-state index >= 15 is 0 Å². The standard InChI is InChI=1S/C25H30F2/c1-17-2-4-18(5-3-17)19-6-8-20(9-7-19)21-10-12-22(13-11-21)23-14-15-24(26)25(27)16-23/h10-20H,2-9H2,1H3. The van der Waals surface area contributed by atoms with Gasteiger partial charge in [-0.15, -0.1) is 0 Å². The first-order chi connectivity index (χ1) is 13.1. The second kappa shape index (κ2) is 8.12. The minimum absolute atomic E-state index is 0.655. The van der Waals surface area contributed by atoms with Gasteiger partial charge in [0.05, 0.1) is 0 Å². The molecule has 2 aromatic rings. The molecule has 0 saturated heterocycles. The molecule has 27 heavy (non-hydrogen) atoms. The van der Waals surface area contributed by atoms with E-state index in [0.29, 0.717) is 5.92 Å². The van der Waals surface area contributed by atoms with Gasteiger partial charge < -0.3 is 0 Å². The molecule has 0 spiro atoms. The molecule has 2 heteroatoms. The smallest absolute Gasteiger partial charge is 0.159 e. The van der Waals surface area contributed by atoms with E-state index in [-0.39, 0.29) is 0 Å². The zero-order valence-corrected chi connectivity index (χ0v) is 16.3. The molecule has 2 aliphatic rings. The van der Waals surface area contributed by atoms with Crippen molar-refractivity contribution in [3.8, 4) is 11.1 Å². The highest BCUT2D eigenvalue weighted by molar-refractivity contribution is 5.63. The van der Waals surface area contributed by atoms with Crippen molar-refractivity contribution in [2.45, 2.75) is 64.2 Å². The van der Waals surface area contributed by atoms with Crippen LogP contribution in [0.2, 0.25) is 0 Å². The van der Waals surface area contributed by atoms with Crippen molar-refractivity contribution in [3.05, 3.63) is 59.7 Å². The van der Waals surface area contributed by atoms with Gasteiger partial charge in [-0.05, 0) is 91.0 Å². The molecule has 0 atom stereocenters. The fourth-order valence-corrected chi connectivity index (χ4v) is 5.30. The summed E-state index contributed by atoms with van der Waals surface area (Å²) in [7, 11) is 0. The van der Waals surface area contributed by atoms with Crippen LogP contribution in [0.25, 0.3) is 11.1 Å². The van der Waals surface area contributed by atoms with Gasteiger partial charge in [0, 0.05) is 0 Å². The molecule has 0 amide bonds. The molecule has 0 unspecified atom stereocenters. The Bertz CT molecular complexity index is 748. The number of hydrogen-bond donors (Lipinski definition) is 0. The molecule has 0 nitrogen and oxygen atoms in total. The third-order valence-corrected chi connectivity index (χ3v) is 7.13. The average Bonchev–Trinajstić information content (AvgIpc) is 2.71. The van der Waals surface area contributed by atoms with Gasteiger partial charge in [-0.2, -0.15) is 0 Å². The van der Waals surface area contributed by atoms with Gasteiger partial charge in [-0.1, -0.05) is 50.1 Å². The van der Waals surface area contributed by atoms with Crippen LogP contribution in [-0.2, 0) is 0 Å². The highest BCUT2D eigenvalue weighted by Crippen LogP contribution is 2.44. The third kappa shape index (κ3) is 4.25. The molecule has 2 fully saturated rings. The predicted molar refractivity (Wildman–Crippen MR) is 108 cm³/mol. The Hall–Kier alpha value is -1.70. The first kappa shape index (κ1) is 18.7. The van der Waals surface area contributed by atoms with E-state index in [1.54, 1.807) is 6.07 Å². The minimum Gasteiger partial charge on any atom is -0.204 e. The van der Waals surface area contributed by atoms with Crippen LogP contribution in [0.15, 0.2) is 42.5 Å². The maximum Gasteiger partial charge on any atom is 0.159 e. The lowest BCUT2D eigenvalue weighted by molar-refractivity contribution is 0.165. The van der Waals surface area contributed by atoms with Crippen LogP contribution >= 0.6 is 0 Å². The quantitative estimate of drug-likeness (QED) is 0.520. The summed E-state index contributed by atoms with van der Waals surface area (Å²) in [6.07, 6.45) is 11.1. The second-order valence-electron chi connectivity index (χ2n) is 8.88. The maximum absolute atomic E-state index is 13.5. The minimum atomic E-state index is -0.792. The van der Waals surface area contributed by atoms with E-state index in [0.717, 1.165) is 28.9 Å². The molecule has 2 saturated carbocycles. The van der Waals surface area contributed by atoms with Crippen LogP contribution < -0.4 is 0 Å². The van der Waals surface area contributed by atoms with E-state index in [1.807, 2.05) is 0 Å². The van der Waals surface area contributed by atoms with Crippen LogP contribution in [0.5, 0.6) is 0 Å². The Labute approximate surface area is 162 Å². The summed E-state index contributed by atoms with van der Waals surface area (Å²) in [5.41, 5.74) is 3.08. The number of benzene rings is 2. The van der Waals surface area contributed by atoms with E-state index in [9.17, 15) is 8.78 Å². The molecular formula is C25H30F2. The van der Waals surface area contributed by atoms with Gasteiger partial charge >= 0.3 is 0 Å². The van der Waals surface area contributed by atoms with Crippen molar-refractivity contribution in [3.63, 3.8) is 0 Å². The van der Waals surface area contributed by atoms with Crippen molar-refractivity contribution < 1.29 is 8.78 Å². The van der Waals surface area contributed by atoms with Crippen molar-refractivity contribution in [2.75, 3.05) is 0 Å². The fourth-order valence-electron chi connectivity index (χ4n) is 5.30. The van der Waals surface area contributed by atoms with Gasteiger partial charge in [0.15, 0.2) is 11.6 Å². The Morgan fingerprint density at radius 3 is 1.78 bits per heavy atom. The molecule has 4 rings (SSSR count). The van der Waals surface area contributed by atoms with Crippen LogP contribution in [-0.4, -0.2) is 0 Å². The van der Waals surface area contributed by atoms with Crippen LogP contribution in [0.4, 0.5) is 8.78 Å². The van der Waals surface area contributed by atoms with Gasteiger partial charge in [-0.3, -0.25) is 0 Å². The lowest BCUT2D eigenvalue weighted by Crippen LogP contribution is -2.24. The van der Waals surface area contributed by atoms with E-state index in [4.69, 9.17) is 0 Å². The molecule has 2 aliphatic carbocycles. The molecule has 0 heterocycles. The SMILES string of the molecule is CC1CCC(C2CCC(c3ccc(-c4ccc(F)c(F)c4)cc3)CC2)CC1. The van der Waals surface area contributed by atoms with Crippen molar-refractivity contribution >= 4 is 0 Å². The number of halogens is 2. The summed E-state index contributed by atoms with van der Waals surface area (Å²) >= 11 is 0. The van der Waals surface area contributed by atoms with Crippen LogP contribution in [0.3, 0.4) is 0 Å². The highest BCUT2D eigenvalue weighted by atomic mass is 19.2. The zero-order valence-electron chi connectivity index (χ0n) is 16.3. The molecule has 0 bridgehead atoms. The third-order valence-electron chi connectivity index (χ3n) is 7.13. The van der Waals surface area contributed by atoms with Gasteiger partial charge in [0.25, 0.3) is 0 Å². The summed E-state index contributed by atoms with van der Waals surface area (Å²) in [6, 6.07) is 12.6. The highest BCUT2D eigenvalue weighted by Gasteiger charge is 2.30. The monoisotopic (exact) mass is 368 g/mol. The van der Waals surface area contributed by atoms with Crippen molar-refractivity contribution in [1.29, 1.82) is 0 Å². The summed E-state index contributed by atoms with van der Waals surface area (Å²) in [4.78, 5) is 0. The van der Waals surface area contributed by atoms with Gasteiger partial charge in [0.2, 0.25) is 0 Å². The number of hydrogen-bond acceptors (Lipinski definition) is 0. The first-order valence-electron chi connectivity index (χ1n) is 10.7. The largest absolute Gasteiger partial charge is 0.204 e. The molecular weight excluding hydrogens is 338 g/mol. The predicted octanol–water partition coefficient (Wildman–Crippen LogP) is 7.73.